The summed E-state index contributed by atoms with van der Waals surface area (Å²) in [5.41, 5.74) is 2.34. The molecule has 0 bridgehead atoms. The number of rotatable bonds is 4. The second kappa shape index (κ2) is 7.59. The summed E-state index contributed by atoms with van der Waals surface area (Å²) in [6.45, 7) is 1.67. The lowest BCUT2D eigenvalue weighted by Crippen LogP contribution is -2.38. The van der Waals surface area contributed by atoms with Crippen molar-refractivity contribution in [1.82, 2.24) is 10.2 Å². The van der Waals surface area contributed by atoms with Crippen LogP contribution in [0.4, 0.5) is 10.5 Å². The molecule has 1 saturated heterocycles. The van der Waals surface area contributed by atoms with Gasteiger partial charge in [0, 0.05) is 10.2 Å². The number of carbonyl (C=O) groups is 3. The molecule has 1 fully saturated rings. The summed E-state index contributed by atoms with van der Waals surface area (Å²) in [7, 11) is 0. The van der Waals surface area contributed by atoms with Gasteiger partial charge in [-0.2, -0.15) is 0 Å². The molecule has 2 aliphatic heterocycles. The van der Waals surface area contributed by atoms with Crippen LogP contribution in [0.15, 0.2) is 46.6 Å². The van der Waals surface area contributed by atoms with Crippen LogP contribution in [0, 0.1) is 6.92 Å². The lowest BCUT2D eigenvalue weighted by Gasteiger charge is -2.12. The topological polar surface area (TPSA) is 97.0 Å². The zero-order chi connectivity index (χ0) is 20.5. The summed E-state index contributed by atoms with van der Waals surface area (Å²) in [5, 5.41) is 5.17. The van der Waals surface area contributed by atoms with Crippen LogP contribution in [0.2, 0.25) is 0 Å². The van der Waals surface area contributed by atoms with Crippen LogP contribution in [-0.4, -0.2) is 36.1 Å². The highest BCUT2D eigenvalue weighted by Crippen LogP contribution is 2.37. The third-order valence-electron chi connectivity index (χ3n) is 4.39. The first kappa shape index (κ1) is 19.0. The molecule has 2 aromatic rings. The van der Waals surface area contributed by atoms with E-state index in [0.717, 1.165) is 10.5 Å². The van der Waals surface area contributed by atoms with Crippen LogP contribution >= 0.6 is 15.9 Å². The van der Waals surface area contributed by atoms with E-state index < -0.39 is 24.4 Å². The van der Waals surface area contributed by atoms with Gasteiger partial charge in [-0.1, -0.05) is 33.6 Å². The standard InChI is InChI=1S/C20H16BrN3O5/c1-11-2-4-13(5-3-11)22-18(25)9-24-19(26)15(23-20(24)27)6-12-7-16-17(8-14(12)21)29-10-28-16/h2-8H,9-10H2,1H3,(H,22,25)(H,23,27)/b15-6+. The second-order valence-corrected chi connectivity index (χ2v) is 7.37. The van der Waals surface area contributed by atoms with Gasteiger partial charge < -0.3 is 20.1 Å². The van der Waals surface area contributed by atoms with Crippen molar-refractivity contribution < 1.29 is 23.9 Å². The predicted octanol–water partition coefficient (Wildman–Crippen LogP) is 3.02. The number of carbonyl (C=O) groups excluding carboxylic acids is 3. The first-order chi connectivity index (χ1) is 13.9. The van der Waals surface area contributed by atoms with Gasteiger partial charge in [-0.25, -0.2) is 9.69 Å². The van der Waals surface area contributed by atoms with Crippen LogP contribution in [0.1, 0.15) is 11.1 Å². The van der Waals surface area contributed by atoms with Gasteiger partial charge in [-0.05, 0) is 42.8 Å². The van der Waals surface area contributed by atoms with Crippen molar-refractivity contribution in [1.29, 1.82) is 0 Å². The average Bonchev–Trinajstić information content (AvgIpc) is 3.23. The summed E-state index contributed by atoms with van der Waals surface area (Å²) < 4.78 is 11.3. The molecule has 2 N–H and O–H groups in total. The van der Waals surface area contributed by atoms with Crippen LogP contribution in [0.5, 0.6) is 11.5 Å². The predicted molar refractivity (Wildman–Crippen MR) is 108 cm³/mol. The summed E-state index contributed by atoms with van der Waals surface area (Å²) in [4.78, 5) is 37.9. The van der Waals surface area contributed by atoms with E-state index in [2.05, 4.69) is 26.6 Å². The quantitative estimate of drug-likeness (QED) is 0.543. The molecule has 8 nitrogen and oxygen atoms in total. The number of hydrogen-bond donors (Lipinski definition) is 2. The Morgan fingerprint density at radius 3 is 2.62 bits per heavy atom. The first-order valence-electron chi connectivity index (χ1n) is 8.71. The zero-order valence-corrected chi connectivity index (χ0v) is 16.9. The lowest BCUT2D eigenvalue weighted by molar-refractivity contribution is -0.127. The van der Waals surface area contributed by atoms with Gasteiger partial charge in [0.05, 0.1) is 0 Å². The number of nitrogens with zero attached hydrogens (tertiary/aromatic N) is 1. The molecular weight excluding hydrogens is 442 g/mol. The maximum absolute atomic E-state index is 12.6. The fourth-order valence-corrected chi connectivity index (χ4v) is 3.33. The largest absolute Gasteiger partial charge is 0.454 e. The van der Waals surface area contributed by atoms with Crippen molar-refractivity contribution in [2.45, 2.75) is 6.92 Å². The highest BCUT2D eigenvalue weighted by molar-refractivity contribution is 9.10. The Kier molecular flexibility index (Phi) is 4.98. The van der Waals surface area contributed by atoms with E-state index in [1.807, 2.05) is 19.1 Å². The summed E-state index contributed by atoms with van der Waals surface area (Å²) in [5.74, 6) is 0.0860. The Bertz CT molecular complexity index is 1050. The molecule has 4 rings (SSSR count). The fourth-order valence-electron chi connectivity index (χ4n) is 2.90. The van der Waals surface area contributed by atoms with E-state index in [-0.39, 0.29) is 12.5 Å². The number of urea groups is 1. The molecular formula is C20H16BrN3O5. The van der Waals surface area contributed by atoms with Crippen molar-refractivity contribution in [3.63, 3.8) is 0 Å². The van der Waals surface area contributed by atoms with E-state index in [9.17, 15) is 14.4 Å². The minimum absolute atomic E-state index is 0.0673. The van der Waals surface area contributed by atoms with E-state index in [4.69, 9.17) is 9.47 Å². The molecule has 0 saturated carbocycles. The van der Waals surface area contributed by atoms with Crippen LogP contribution in [0.25, 0.3) is 6.08 Å². The lowest BCUT2D eigenvalue weighted by atomic mass is 10.1. The van der Waals surface area contributed by atoms with Gasteiger partial charge in [0.1, 0.15) is 12.2 Å². The van der Waals surface area contributed by atoms with Gasteiger partial charge in [-0.3, -0.25) is 9.59 Å². The maximum atomic E-state index is 12.6. The average molecular weight is 458 g/mol. The summed E-state index contributed by atoms with van der Waals surface area (Å²) >= 11 is 3.41. The smallest absolute Gasteiger partial charge is 0.329 e. The third kappa shape index (κ3) is 3.95. The summed E-state index contributed by atoms with van der Waals surface area (Å²) in [6.07, 6.45) is 1.52. The number of aryl methyl sites for hydroxylation is 1. The fraction of sp³-hybridized carbons (Fsp3) is 0.150. The number of hydrogen-bond acceptors (Lipinski definition) is 5. The van der Waals surface area contributed by atoms with Crippen LogP contribution < -0.4 is 20.1 Å². The Morgan fingerprint density at radius 1 is 1.21 bits per heavy atom. The number of ether oxygens (including phenoxy) is 2. The Balaban J connectivity index is 1.48. The van der Waals surface area contributed by atoms with Crippen molar-refractivity contribution >= 4 is 45.5 Å². The monoisotopic (exact) mass is 457 g/mol. The number of imide groups is 1. The molecule has 4 amide bonds. The maximum Gasteiger partial charge on any atom is 0.329 e. The first-order valence-corrected chi connectivity index (χ1v) is 9.50. The number of benzene rings is 2. The SMILES string of the molecule is Cc1ccc(NC(=O)CN2C(=O)N/C(=C/c3cc4c(cc3Br)OCO4)C2=O)cc1. The molecule has 9 heteroatoms. The molecule has 29 heavy (non-hydrogen) atoms. The number of fused-ring (bicyclic) bond motifs is 1. The zero-order valence-electron chi connectivity index (χ0n) is 15.3. The van der Waals surface area contributed by atoms with Gasteiger partial charge in [0.2, 0.25) is 12.7 Å². The minimum atomic E-state index is -0.655. The normalized spacial score (nSPS) is 16.3. The number of nitrogens with one attached hydrogen (secondary N) is 2. The van der Waals surface area contributed by atoms with Crippen molar-refractivity contribution in [2.75, 3.05) is 18.7 Å². The third-order valence-corrected chi connectivity index (χ3v) is 5.08. The van der Waals surface area contributed by atoms with E-state index in [1.54, 1.807) is 24.3 Å². The van der Waals surface area contributed by atoms with Gasteiger partial charge >= 0.3 is 6.03 Å². The molecule has 148 valence electrons. The van der Waals surface area contributed by atoms with Crippen LogP contribution in [0.3, 0.4) is 0 Å². The van der Waals surface area contributed by atoms with E-state index in [1.165, 1.54) is 6.08 Å². The molecule has 2 heterocycles. The van der Waals surface area contributed by atoms with Gasteiger partial charge in [0.15, 0.2) is 11.5 Å². The molecule has 0 spiro atoms. The molecule has 0 aliphatic carbocycles. The number of amides is 4. The molecule has 0 unspecified atom stereocenters. The van der Waals surface area contributed by atoms with E-state index in [0.29, 0.717) is 27.2 Å². The highest BCUT2D eigenvalue weighted by atomic mass is 79.9. The summed E-state index contributed by atoms with van der Waals surface area (Å²) in [6, 6.07) is 9.98. The Morgan fingerprint density at radius 2 is 1.90 bits per heavy atom. The van der Waals surface area contributed by atoms with Crippen molar-refractivity contribution in [2.24, 2.45) is 0 Å². The Labute approximate surface area is 174 Å². The number of anilines is 1. The molecule has 0 aromatic heterocycles. The Hall–Kier alpha value is -3.33. The molecule has 2 aliphatic rings. The van der Waals surface area contributed by atoms with Crippen molar-refractivity contribution in [3.8, 4) is 11.5 Å². The second-order valence-electron chi connectivity index (χ2n) is 6.52. The van der Waals surface area contributed by atoms with Gasteiger partial charge in [-0.15, -0.1) is 0 Å². The van der Waals surface area contributed by atoms with Crippen molar-refractivity contribution in [3.05, 3.63) is 57.7 Å². The molecule has 2 aromatic carbocycles. The molecule has 0 radical (unpaired) electrons. The minimum Gasteiger partial charge on any atom is -0.454 e. The highest BCUT2D eigenvalue weighted by Gasteiger charge is 2.35. The van der Waals surface area contributed by atoms with Gasteiger partial charge in [0.25, 0.3) is 5.91 Å². The number of halogens is 1. The molecule has 0 atom stereocenters. The van der Waals surface area contributed by atoms with E-state index >= 15 is 0 Å². The van der Waals surface area contributed by atoms with Crippen LogP contribution in [-0.2, 0) is 9.59 Å².